The Morgan fingerprint density at radius 1 is 1.04 bits per heavy atom. The number of alkyl halides is 2. The van der Waals surface area contributed by atoms with E-state index in [-0.39, 0.29) is 35.9 Å². The van der Waals surface area contributed by atoms with Gasteiger partial charge >= 0.3 is 6.03 Å². The van der Waals surface area contributed by atoms with Crippen LogP contribution in [0.4, 0.5) is 19.4 Å². The topological polar surface area (TPSA) is 120 Å². The maximum Gasteiger partial charge on any atom is 0.322 e. The molecular formula is C34H49F2N7O4S. The molecule has 48 heavy (non-hydrogen) atoms. The van der Waals surface area contributed by atoms with Crippen LogP contribution < -0.4 is 15.5 Å². The number of fused-ring (bicyclic) bond motifs is 1. The third kappa shape index (κ3) is 8.04. The molecule has 3 aromatic rings. The van der Waals surface area contributed by atoms with E-state index < -0.39 is 22.5 Å². The number of nitrogens with one attached hydrogen (secondary N) is 2. The summed E-state index contributed by atoms with van der Waals surface area (Å²) in [6.07, 6.45) is 0.967. The van der Waals surface area contributed by atoms with E-state index >= 15 is 0 Å². The molecule has 1 unspecified atom stereocenters. The molecule has 14 heteroatoms. The highest BCUT2D eigenvalue weighted by Crippen LogP contribution is 2.38. The van der Waals surface area contributed by atoms with Gasteiger partial charge in [-0.15, -0.1) is 0 Å². The number of piperidine rings is 2. The van der Waals surface area contributed by atoms with Gasteiger partial charge in [0.15, 0.2) is 5.82 Å². The Kier molecular flexibility index (Phi) is 13.1. The van der Waals surface area contributed by atoms with E-state index in [1.807, 2.05) is 39.1 Å². The molecule has 0 spiro atoms. The summed E-state index contributed by atoms with van der Waals surface area (Å²) < 4.78 is 59.2. The van der Waals surface area contributed by atoms with Crippen LogP contribution in [-0.4, -0.2) is 99.0 Å². The lowest BCUT2D eigenvalue weighted by Gasteiger charge is -2.38. The van der Waals surface area contributed by atoms with Gasteiger partial charge in [0.2, 0.25) is 10.0 Å². The van der Waals surface area contributed by atoms with E-state index in [2.05, 4.69) is 15.7 Å². The Labute approximate surface area is 282 Å². The van der Waals surface area contributed by atoms with Gasteiger partial charge in [0.1, 0.15) is 6.29 Å². The largest absolute Gasteiger partial charge is 0.341 e. The quantitative estimate of drug-likeness (QED) is 0.275. The summed E-state index contributed by atoms with van der Waals surface area (Å²) in [5, 5.41) is 11.1. The summed E-state index contributed by atoms with van der Waals surface area (Å²) >= 11 is 0. The highest BCUT2D eigenvalue weighted by Gasteiger charge is 2.35. The van der Waals surface area contributed by atoms with Gasteiger partial charge in [0.25, 0.3) is 6.43 Å². The number of aryl methyl sites for hydroxylation is 1. The molecule has 0 bridgehead atoms. The Morgan fingerprint density at radius 3 is 2.33 bits per heavy atom. The van der Waals surface area contributed by atoms with Gasteiger partial charge in [0.05, 0.1) is 16.5 Å². The fraction of sp³-hybridized carbons (Fsp3) is 0.559. The van der Waals surface area contributed by atoms with Crippen molar-refractivity contribution in [3.63, 3.8) is 0 Å². The second kappa shape index (κ2) is 16.8. The number of aldehydes is 1. The van der Waals surface area contributed by atoms with Gasteiger partial charge < -0.3 is 15.4 Å². The van der Waals surface area contributed by atoms with Gasteiger partial charge in [-0.25, -0.2) is 22.0 Å². The molecule has 2 saturated heterocycles. The fourth-order valence-electron chi connectivity index (χ4n) is 6.75. The number of urea groups is 1. The number of aromatic nitrogens is 2. The average Bonchev–Trinajstić information content (AvgIpc) is 3.44. The van der Waals surface area contributed by atoms with Crippen LogP contribution in [0, 0.1) is 0 Å². The number of hydrogen-bond donors (Lipinski definition) is 2. The number of anilines is 1. The highest BCUT2D eigenvalue weighted by molar-refractivity contribution is 7.89. The van der Waals surface area contributed by atoms with E-state index in [0.717, 1.165) is 22.8 Å². The van der Waals surface area contributed by atoms with Crippen molar-refractivity contribution in [1.82, 2.24) is 29.6 Å². The van der Waals surface area contributed by atoms with Crippen LogP contribution in [0.15, 0.2) is 47.4 Å². The van der Waals surface area contributed by atoms with E-state index in [9.17, 15) is 26.8 Å². The molecule has 0 radical (unpaired) electrons. The summed E-state index contributed by atoms with van der Waals surface area (Å²) in [4.78, 5) is 26.8. The lowest BCUT2D eigenvalue weighted by molar-refractivity contribution is -0.107. The molecular weight excluding hydrogens is 640 g/mol. The Bertz CT molecular complexity index is 1640. The second-order valence-corrected chi connectivity index (χ2v) is 14.0. The van der Waals surface area contributed by atoms with Crippen molar-refractivity contribution in [1.29, 1.82) is 0 Å². The normalized spacial score (nSPS) is 17.6. The first-order chi connectivity index (χ1) is 23.1. The fourth-order valence-corrected chi connectivity index (χ4v) is 8.27. The molecule has 2 fully saturated rings. The highest BCUT2D eigenvalue weighted by atomic mass is 32.2. The molecule has 5 rings (SSSR count). The number of nitrogens with zero attached hydrogens (tertiary/aromatic N) is 5. The minimum absolute atomic E-state index is 0.0541. The summed E-state index contributed by atoms with van der Waals surface area (Å²) in [5.74, 6) is 0.598. The van der Waals surface area contributed by atoms with E-state index in [4.69, 9.17) is 0 Å². The number of carbonyl (C=O) groups excluding carboxylic acids is 2. The van der Waals surface area contributed by atoms with Gasteiger partial charge in [0, 0.05) is 51.6 Å². The summed E-state index contributed by atoms with van der Waals surface area (Å²) in [6.45, 7) is 5.84. The molecule has 1 atom stereocenters. The summed E-state index contributed by atoms with van der Waals surface area (Å²) in [6, 6.07) is 10.7. The first-order valence-electron chi connectivity index (χ1n) is 16.8. The SMILES string of the molecule is CC.CNC(=O)N(CCC=O)c1nn(C)c2cc(C3CCN(C(c4cccc(S(=O)(=O)N5CCC(NC)CC5)c4)C(F)F)CC3)ccc12. The van der Waals surface area contributed by atoms with Gasteiger partial charge in [-0.1, -0.05) is 32.0 Å². The van der Waals surface area contributed by atoms with Crippen molar-refractivity contribution >= 4 is 39.1 Å². The molecule has 264 valence electrons. The zero-order valence-electron chi connectivity index (χ0n) is 28.5. The molecule has 2 N–H and O–H groups in total. The van der Waals surface area contributed by atoms with Crippen LogP contribution >= 0.6 is 0 Å². The molecule has 2 aliphatic heterocycles. The number of sulfonamides is 1. The van der Waals surface area contributed by atoms with Crippen LogP contribution in [0.2, 0.25) is 0 Å². The van der Waals surface area contributed by atoms with Gasteiger partial charge in [-0.05, 0) is 87.1 Å². The van der Waals surface area contributed by atoms with Crippen molar-refractivity contribution in [3.05, 3.63) is 53.6 Å². The number of hydrogen-bond acceptors (Lipinski definition) is 7. The van der Waals surface area contributed by atoms with Crippen LogP contribution in [-0.2, 0) is 21.9 Å². The molecule has 2 aromatic carbocycles. The standard InChI is InChI=1S/C32H43F2N7O4S.C2H6/c1-35-25-12-17-40(18-13-25)46(44,45)26-7-4-6-24(20-26)29(30(33)34)39-15-10-22(11-16-39)23-8-9-27-28(21-23)38(3)37-31(27)41(14-5-19-42)32(43)36-2;1-2/h4,6-9,19-22,25,29-30,35H,5,10-18H2,1-3H3,(H,36,43);1-2H3. The molecule has 3 heterocycles. The lowest BCUT2D eigenvalue weighted by Crippen LogP contribution is -2.44. The van der Waals surface area contributed by atoms with Crippen molar-refractivity contribution < 1.29 is 26.8 Å². The minimum atomic E-state index is -3.79. The van der Waals surface area contributed by atoms with Crippen LogP contribution in [0.5, 0.6) is 0 Å². The van der Waals surface area contributed by atoms with Gasteiger partial charge in [-0.2, -0.15) is 9.40 Å². The van der Waals surface area contributed by atoms with E-state index in [1.54, 1.807) is 28.8 Å². The molecule has 2 amide bonds. The van der Waals surface area contributed by atoms with Crippen molar-refractivity contribution in [3.8, 4) is 0 Å². The number of carbonyl (C=O) groups is 2. The number of rotatable bonds is 11. The van der Waals surface area contributed by atoms with E-state index in [1.165, 1.54) is 28.4 Å². The number of halogens is 2. The van der Waals surface area contributed by atoms with Crippen LogP contribution in [0.3, 0.4) is 0 Å². The second-order valence-electron chi connectivity index (χ2n) is 12.0. The van der Waals surface area contributed by atoms with Crippen molar-refractivity contribution in [2.24, 2.45) is 7.05 Å². The summed E-state index contributed by atoms with van der Waals surface area (Å²) in [7, 11) is 1.40. The van der Waals surface area contributed by atoms with Crippen LogP contribution in [0.25, 0.3) is 10.9 Å². The van der Waals surface area contributed by atoms with Crippen LogP contribution in [0.1, 0.15) is 69.0 Å². The monoisotopic (exact) mass is 689 g/mol. The molecule has 0 aliphatic carbocycles. The average molecular weight is 690 g/mol. The third-order valence-electron chi connectivity index (χ3n) is 9.37. The maximum absolute atomic E-state index is 14.6. The number of likely N-dealkylation sites (tertiary alicyclic amines) is 1. The predicted octanol–water partition coefficient (Wildman–Crippen LogP) is 4.89. The molecule has 1 aromatic heterocycles. The minimum Gasteiger partial charge on any atom is -0.341 e. The Hall–Kier alpha value is -3.46. The molecule has 2 aliphatic rings. The summed E-state index contributed by atoms with van der Waals surface area (Å²) in [5.41, 5.74) is 2.19. The third-order valence-corrected chi connectivity index (χ3v) is 11.3. The Balaban J connectivity index is 0.00000255. The number of amides is 2. The smallest absolute Gasteiger partial charge is 0.322 e. The molecule has 0 saturated carbocycles. The first-order valence-corrected chi connectivity index (χ1v) is 18.2. The maximum atomic E-state index is 14.6. The zero-order chi connectivity index (χ0) is 35.0. The van der Waals surface area contributed by atoms with Crippen molar-refractivity contribution in [2.45, 2.75) is 75.3 Å². The van der Waals surface area contributed by atoms with Gasteiger partial charge in [-0.3, -0.25) is 14.5 Å². The van der Waals surface area contributed by atoms with Crippen molar-refractivity contribution in [2.75, 3.05) is 51.7 Å². The van der Waals surface area contributed by atoms with E-state index in [0.29, 0.717) is 63.2 Å². The predicted molar refractivity (Wildman–Crippen MR) is 184 cm³/mol. The zero-order valence-corrected chi connectivity index (χ0v) is 29.3. The lowest BCUT2D eigenvalue weighted by atomic mass is 9.88. The Morgan fingerprint density at radius 2 is 1.73 bits per heavy atom. The number of benzene rings is 2. The molecule has 11 nitrogen and oxygen atoms in total. The first kappa shape index (κ1) is 37.4.